The summed E-state index contributed by atoms with van der Waals surface area (Å²) in [7, 11) is 1.38. The highest BCUT2D eigenvalue weighted by Gasteiger charge is 2.29. The zero-order valence-electron chi connectivity index (χ0n) is 17.6. The van der Waals surface area contributed by atoms with E-state index in [1.807, 2.05) is 0 Å². The molecule has 2 aromatic carbocycles. The number of nitro benzene ring substituents is 1. The van der Waals surface area contributed by atoms with Crippen LogP contribution in [0.1, 0.15) is 28.9 Å². The molecule has 0 unspecified atom stereocenters. The largest absolute Gasteiger partial charge is 0.493 e. The average molecular weight is 468 g/mol. The standard InChI is InChI=1S/C22H20N4O6S/c1-31-19-8-17(18(26(29)30)9-20(19)32-10-16-11-33-12-23-16)22(28)25-15-6-4-14(5-7-15)24-21(27)13-2-3-13/h4-9,11-13H,2-3,10H2,1H3,(H,24,27)(H,25,28). The fourth-order valence-electron chi connectivity index (χ4n) is 3.04. The van der Waals surface area contributed by atoms with Crippen molar-refractivity contribution in [1.82, 2.24) is 4.98 Å². The third kappa shape index (κ3) is 5.44. The van der Waals surface area contributed by atoms with E-state index in [0.29, 0.717) is 17.1 Å². The Morgan fingerprint density at radius 3 is 2.42 bits per heavy atom. The molecule has 1 heterocycles. The summed E-state index contributed by atoms with van der Waals surface area (Å²) in [5.74, 6) is -0.315. The first-order valence-electron chi connectivity index (χ1n) is 10.0. The molecule has 4 rings (SSSR count). The lowest BCUT2D eigenvalue weighted by Gasteiger charge is -2.13. The molecule has 0 radical (unpaired) electrons. The van der Waals surface area contributed by atoms with Crippen molar-refractivity contribution in [2.75, 3.05) is 17.7 Å². The van der Waals surface area contributed by atoms with Crippen LogP contribution in [0, 0.1) is 16.0 Å². The van der Waals surface area contributed by atoms with Gasteiger partial charge in [-0.15, -0.1) is 11.3 Å². The van der Waals surface area contributed by atoms with Crippen molar-refractivity contribution in [3.63, 3.8) is 0 Å². The molecule has 10 nitrogen and oxygen atoms in total. The van der Waals surface area contributed by atoms with Gasteiger partial charge in [-0.2, -0.15) is 0 Å². The number of nitrogens with one attached hydrogen (secondary N) is 2. The number of ether oxygens (including phenoxy) is 2. The Bertz CT molecular complexity index is 1180. The lowest BCUT2D eigenvalue weighted by atomic mass is 10.1. The van der Waals surface area contributed by atoms with Gasteiger partial charge in [-0.25, -0.2) is 4.98 Å². The molecule has 1 aliphatic carbocycles. The number of hydrogen-bond donors (Lipinski definition) is 2. The molecule has 1 saturated carbocycles. The molecule has 170 valence electrons. The molecule has 0 saturated heterocycles. The number of hydrogen-bond acceptors (Lipinski definition) is 8. The predicted octanol–water partition coefficient (Wildman–Crippen LogP) is 4.24. The van der Waals surface area contributed by atoms with Gasteiger partial charge >= 0.3 is 0 Å². The third-order valence-corrected chi connectivity index (χ3v) is 5.58. The van der Waals surface area contributed by atoms with Gasteiger partial charge in [-0.1, -0.05) is 0 Å². The Kier molecular flexibility index (Phi) is 6.50. The highest BCUT2D eigenvalue weighted by atomic mass is 32.1. The van der Waals surface area contributed by atoms with Crippen LogP contribution in [0.2, 0.25) is 0 Å². The zero-order chi connectivity index (χ0) is 23.4. The topological polar surface area (TPSA) is 133 Å². The molecule has 0 bridgehead atoms. The maximum atomic E-state index is 12.8. The van der Waals surface area contributed by atoms with Crippen LogP contribution in [0.25, 0.3) is 0 Å². The minimum atomic E-state index is -0.680. The molecule has 1 aromatic heterocycles. The molecule has 33 heavy (non-hydrogen) atoms. The summed E-state index contributed by atoms with van der Waals surface area (Å²) in [6.07, 6.45) is 1.80. The van der Waals surface area contributed by atoms with Crippen LogP contribution in [-0.4, -0.2) is 28.8 Å². The molecule has 2 amide bonds. The number of thiazole rings is 1. The van der Waals surface area contributed by atoms with Crippen molar-refractivity contribution in [3.05, 3.63) is 68.7 Å². The lowest BCUT2D eigenvalue weighted by molar-refractivity contribution is -0.385. The Labute approximate surface area is 192 Å². The van der Waals surface area contributed by atoms with E-state index in [2.05, 4.69) is 15.6 Å². The van der Waals surface area contributed by atoms with Gasteiger partial charge in [0.25, 0.3) is 11.6 Å². The minimum absolute atomic E-state index is 0.0217. The summed E-state index contributed by atoms with van der Waals surface area (Å²) in [4.78, 5) is 39.8. The SMILES string of the molecule is COc1cc(C(=O)Nc2ccc(NC(=O)C3CC3)cc2)c([N+](=O)[O-])cc1OCc1cscn1. The molecule has 0 spiro atoms. The first-order valence-corrected chi connectivity index (χ1v) is 11.0. The molecule has 2 N–H and O–H groups in total. The number of aromatic nitrogens is 1. The van der Waals surface area contributed by atoms with E-state index in [-0.39, 0.29) is 35.5 Å². The van der Waals surface area contributed by atoms with Crippen LogP contribution in [0.15, 0.2) is 47.3 Å². The molecule has 1 aliphatic rings. The van der Waals surface area contributed by atoms with E-state index in [9.17, 15) is 19.7 Å². The first kappa shape index (κ1) is 22.2. The van der Waals surface area contributed by atoms with Crippen LogP contribution >= 0.6 is 11.3 Å². The number of carbonyl (C=O) groups is 2. The van der Waals surface area contributed by atoms with Crippen LogP contribution < -0.4 is 20.1 Å². The Morgan fingerprint density at radius 1 is 1.15 bits per heavy atom. The van der Waals surface area contributed by atoms with E-state index in [1.54, 1.807) is 35.2 Å². The van der Waals surface area contributed by atoms with Gasteiger partial charge in [-0.3, -0.25) is 19.7 Å². The quantitative estimate of drug-likeness (QED) is 0.354. The van der Waals surface area contributed by atoms with Gasteiger partial charge in [0.2, 0.25) is 5.91 Å². The van der Waals surface area contributed by atoms with E-state index in [4.69, 9.17) is 9.47 Å². The molecular formula is C22H20N4O6S. The second-order valence-corrected chi connectivity index (χ2v) is 8.06. The second kappa shape index (κ2) is 9.65. The van der Waals surface area contributed by atoms with E-state index < -0.39 is 16.5 Å². The van der Waals surface area contributed by atoms with Crippen LogP contribution in [-0.2, 0) is 11.4 Å². The Hall–Kier alpha value is -3.99. The van der Waals surface area contributed by atoms with E-state index in [0.717, 1.165) is 18.9 Å². The number of anilines is 2. The molecule has 1 fully saturated rings. The van der Waals surface area contributed by atoms with Gasteiger partial charge in [-0.05, 0) is 37.1 Å². The second-order valence-electron chi connectivity index (χ2n) is 7.34. The molecule has 3 aromatic rings. The van der Waals surface area contributed by atoms with Crippen molar-refractivity contribution in [1.29, 1.82) is 0 Å². The number of methoxy groups -OCH3 is 1. The highest BCUT2D eigenvalue weighted by molar-refractivity contribution is 7.07. The Balaban J connectivity index is 1.50. The van der Waals surface area contributed by atoms with Gasteiger partial charge < -0.3 is 20.1 Å². The van der Waals surface area contributed by atoms with Crippen molar-refractivity contribution in [3.8, 4) is 11.5 Å². The summed E-state index contributed by atoms with van der Waals surface area (Å²) < 4.78 is 10.9. The monoisotopic (exact) mass is 468 g/mol. The van der Waals surface area contributed by atoms with E-state index in [1.165, 1.54) is 24.5 Å². The average Bonchev–Trinajstić information content (AvgIpc) is 3.54. The van der Waals surface area contributed by atoms with Gasteiger partial charge in [0.05, 0.1) is 29.3 Å². The normalized spacial score (nSPS) is 12.6. The number of rotatable bonds is 9. The number of nitrogens with zero attached hydrogens (tertiary/aromatic N) is 2. The number of nitro groups is 1. The summed E-state index contributed by atoms with van der Waals surface area (Å²) in [6, 6.07) is 8.95. The summed E-state index contributed by atoms with van der Waals surface area (Å²) >= 11 is 1.40. The zero-order valence-corrected chi connectivity index (χ0v) is 18.4. The van der Waals surface area contributed by atoms with Crippen molar-refractivity contribution >= 4 is 40.2 Å². The van der Waals surface area contributed by atoms with Gasteiger partial charge in [0.15, 0.2) is 11.5 Å². The van der Waals surface area contributed by atoms with Crippen molar-refractivity contribution in [2.24, 2.45) is 5.92 Å². The van der Waals surface area contributed by atoms with Crippen LogP contribution in [0.4, 0.5) is 17.1 Å². The molecule has 0 atom stereocenters. The van der Waals surface area contributed by atoms with Crippen molar-refractivity contribution < 1.29 is 24.0 Å². The van der Waals surface area contributed by atoms with Gasteiger partial charge in [0.1, 0.15) is 12.2 Å². The van der Waals surface area contributed by atoms with Crippen molar-refractivity contribution in [2.45, 2.75) is 19.4 Å². The molecular weight excluding hydrogens is 448 g/mol. The maximum Gasteiger partial charge on any atom is 0.286 e. The lowest BCUT2D eigenvalue weighted by Crippen LogP contribution is -2.15. The number of carbonyl (C=O) groups excluding carboxylic acids is 2. The molecule has 0 aliphatic heterocycles. The van der Waals surface area contributed by atoms with Gasteiger partial charge in [0, 0.05) is 28.7 Å². The fraction of sp³-hybridized carbons (Fsp3) is 0.227. The maximum absolute atomic E-state index is 12.8. The van der Waals surface area contributed by atoms with Crippen LogP contribution in [0.3, 0.4) is 0 Å². The van der Waals surface area contributed by atoms with Crippen LogP contribution in [0.5, 0.6) is 11.5 Å². The first-order chi connectivity index (χ1) is 15.9. The summed E-state index contributed by atoms with van der Waals surface area (Å²) in [5, 5.41) is 18.9. The summed E-state index contributed by atoms with van der Waals surface area (Å²) in [5.41, 5.74) is 2.75. The third-order valence-electron chi connectivity index (χ3n) is 4.94. The Morgan fingerprint density at radius 2 is 1.85 bits per heavy atom. The fourth-order valence-corrected chi connectivity index (χ4v) is 3.58. The minimum Gasteiger partial charge on any atom is -0.493 e. The predicted molar refractivity (Wildman–Crippen MR) is 122 cm³/mol. The summed E-state index contributed by atoms with van der Waals surface area (Å²) in [6.45, 7) is 0.103. The van der Waals surface area contributed by atoms with E-state index >= 15 is 0 Å². The molecule has 11 heteroatoms. The number of benzene rings is 2. The number of amides is 2. The highest BCUT2D eigenvalue weighted by Crippen LogP contribution is 2.36. The smallest absolute Gasteiger partial charge is 0.286 e.